The number of sulfonamides is 1. The maximum absolute atomic E-state index is 13.4. The molecule has 1 fully saturated rings. The van der Waals surface area contributed by atoms with Gasteiger partial charge < -0.3 is 9.47 Å². The molecule has 0 radical (unpaired) electrons. The first kappa shape index (κ1) is 21.8. The normalized spacial score (nSPS) is 18.3. The van der Waals surface area contributed by atoms with E-state index in [4.69, 9.17) is 0 Å². The third-order valence-electron chi connectivity index (χ3n) is 5.65. The lowest BCUT2D eigenvalue weighted by Crippen LogP contribution is -2.55. The molecule has 0 saturated carbocycles. The molecule has 1 amide bonds. The summed E-state index contributed by atoms with van der Waals surface area (Å²) >= 11 is 1.63. The number of benzene rings is 1. The molecule has 1 aliphatic rings. The first-order valence-corrected chi connectivity index (χ1v) is 12.9. The Morgan fingerprint density at radius 1 is 1.19 bits per heavy atom. The van der Waals surface area contributed by atoms with E-state index in [-0.39, 0.29) is 17.7 Å². The lowest BCUT2D eigenvalue weighted by molar-refractivity contribution is 0.0632. The van der Waals surface area contributed by atoms with Gasteiger partial charge in [0, 0.05) is 37.6 Å². The van der Waals surface area contributed by atoms with Crippen molar-refractivity contribution < 1.29 is 13.2 Å². The lowest BCUT2D eigenvalue weighted by Gasteiger charge is -2.39. The van der Waals surface area contributed by atoms with Crippen molar-refractivity contribution >= 4 is 37.5 Å². The molecule has 0 aliphatic carbocycles. The Bertz CT molecular complexity index is 1200. The SMILES string of the molecule is C/C=C\Cn1c(C(=O)N2CCN(S(=O)(=O)Cc3ccccc3)C(C)C2)cc2ccsc21. The Kier molecular flexibility index (Phi) is 6.31. The first-order chi connectivity index (χ1) is 14.9. The lowest BCUT2D eigenvalue weighted by atomic mass is 10.2. The van der Waals surface area contributed by atoms with Crippen LogP contribution < -0.4 is 0 Å². The van der Waals surface area contributed by atoms with Gasteiger partial charge >= 0.3 is 0 Å². The number of carbonyl (C=O) groups is 1. The second-order valence-electron chi connectivity index (χ2n) is 7.84. The van der Waals surface area contributed by atoms with E-state index in [1.54, 1.807) is 20.5 Å². The molecule has 31 heavy (non-hydrogen) atoms. The van der Waals surface area contributed by atoms with Crippen molar-refractivity contribution in [3.63, 3.8) is 0 Å². The van der Waals surface area contributed by atoms with Crippen molar-refractivity contribution in [3.8, 4) is 0 Å². The molecule has 1 aliphatic heterocycles. The van der Waals surface area contributed by atoms with Crippen LogP contribution in [-0.4, -0.2) is 53.8 Å². The van der Waals surface area contributed by atoms with Gasteiger partial charge in [-0.05, 0) is 36.9 Å². The van der Waals surface area contributed by atoms with Crippen LogP contribution in [0.25, 0.3) is 10.2 Å². The zero-order valence-electron chi connectivity index (χ0n) is 17.8. The number of fused-ring (bicyclic) bond motifs is 1. The second kappa shape index (κ2) is 8.98. The Labute approximate surface area is 187 Å². The minimum absolute atomic E-state index is 0.0192. The Morgan fingerprint density at radius 3 is 2.68 bits per heavy atom. The van der Waals surface area contributed by atoms with E-state index in [1.807, 2.05) is 78.4 Å². The molecule has 8 heteroatoms. The number of amides is 1. The number of hydrogen-bond acceptors (Lipinski definition) is 4. The second-order valence-corrected chi connectivity index (χ2v) is 10.7. The van der Waals surface area contributed by atoms with E-state index in [0.717, 1.165) is 15.8 Å². The van der Waals surface area contributed by atoms with Crippen LogP contribution in [0.4, 0.5) is 0 Å². The number of hydrogen-bond donors (Lipinski definition) is 0. The van der Waals surface area contributed by atoms with Gasteiger partial charge in [0.15, 0.2) is 0 Å². The van der Waals surface area contributed by atoms with Gasteiger partial charge in [-0.25, -0.2) is 8.42 Å². The van der Waals surface area contributed by atoms with Gasteiger partial charge in [-0.15, -0.1) is 11.3 Å². The Balaban J connectivity index is 1.51. The summed E-state index contributed by atoms with van der Waals surface area (Å²) in [5, 5.41) is 3.10. The molecule has 3 aromatic rings. The summed E-state index contributed by atoms with van der Waals surface area (Å²) in [6.45, 7) is 5.57. The monoisotopic (exact) mass is 457 g/mol. The number of aromatic nitrogens is 1. The fourth-order valence-electron chi connectivity index (χ4n) is 4.11. The van der Waals surface area contributed by atoms with Gasteiger partial charge in [0.25, 0.3) is 5.91 Å². The summed E-state index contributed by atoms with van der Waals surface area (Å²) in [6.07, 6.45) is 4.01. The molecular formula is C23H27N3O3S2. The average Bonchev–Trinajstić information content (AvgIpc) is 3.33. The van der Waals surface area contributed by atoms with Crippen LogP contribution in [0, 0.1) is 0 Å². The van der Waals surface area contributed by atoms with Crippen LogP contribution in [0.2, 0.25) is 0 Å². The number of piperazine rings is 1. The van der Waals surface area contributed by atoms with Crippen LogP contribution in [0.5, 0.6) is 0 Å². The summed E-state index contributed by atoms with van der Waals surface area (Å²) in [4.78, 5) is 16.2. The van der Waals surface area contributed by atoms with Crippen molar-refractivity contribution in [3.05, 3.63) is 71.3 Å². The first-order valence-electron chi connectivity index (χ1n) is 10.4. The molecule has 6 nitrogen and oxygen atoms in total. The van der Waals surface area contributed by atoms with Gasteiger partial charge in [0.05, 0.1) is 5.75 Å². The highest BCUT2D eigenvalue weighted by Gasteiger charge is 2.35. The van der Waals surface area contributed by atoms with Gasteiger partial charge in [-0.1, -0.05) is 42.5 Å². The number of carbonyl (C=O) groups excluding carboxylic acids is 1. The quantitative estimate of drug-likeness (QED) is 0.527. The summed E-state index contributed by atoms with van der Waals surface area (Å²) < 4.78 is 29.5. The highest BCUT2D eigenvalue weighted by atomic mass is 32.2. The summed E-state index contributed by atoms with van der Waals surface area (Å²) in [7, 11) is -3.45. The molecule has 2 aromatic heterocycles. The third-order valence-corrected chi connectivity index (χ3v) is 8.55. The Hall–Kier alpha value is -2.42. The number of nitrogens with zero attached hydrogens (tertiary/aromatic N) is 3. The van der Waals surface area contributed by atoms with Crippen molar-refractivity contribution in [2.45, 2.75) is 32.2 Å². The molecule has 1 saturated heterocycles. The molecule has 4 rings (SSSR count). The minimum atomic E-state index is -3.45. The third kappa shape index (κ3) is 4.46. The molecule has 1 aromatic carbocycles. The van der Waals surface area contributed by atoms with Gasteiger partial charge in [0.1, 0.15) is 10.5 Å². The molecule has 3 heterocycles. The summed E-state index contributed by atoms with van der Waals surface area (Å²) in [6, 6.07) is 12.9. The van der Waals surface area contributed by atoms with Gasteiger partial charge in [-0.2, -0.15) is 4.31 Å². The maximum atomic E-state index is 13.4. The van der Waals surface area contributed by atoms with Crippen molar-refractivity contribution in [2.75, 3.05) is 19.6 Å². The highest BCUT2D eigenvalue weighted by molar-refractivity contribution is 7.88. The fourth-order valence-corrected chi connectivity index (χ4v) is 6.77. The molecule has 1 atom stereocenters. The summed E-state index contributed by atoms with van der Waals surface area (Å²) in [5.74, 6) is -0.0610. The molecule has 0 N–H and O–H groups in total. The molecule has 1 unspecified atom stereocenters. The zero-order valence-corrected chi connectivity index (χ0v) is 19.4. The van der Waals surface area contributed by atoms with E-state index >= 15 is 0 Å². The standard InChI is InChI=1S/C23H27N3O3S2/c1-3-4-11-25-21(15-20-10-14-30-23(20)25)22(27)24-12-13-26(18(2)16-24)31(28,29)17-19-8-6-5-7-9-19/h3-10,14-15,18H,11-13,16-17H2,1-2H3/b4-3-. The minimum Gasteiger partial charge on any atom is -0.334 e. The van der Waals surface area contributed by atoms with Crippen molar-refractivity contribution in [1.82, 2.24) is 13.8 Å². The van der Waals surface area contributed by atoms with Gasteiger partial charge in [-0.3, -0.25) is 4.79 Å². The summed E-state index contributed by atoms with van der Waals surface area (Å²) in [5.41, 5.74) is 1.43. The predicted molar refractivity (Wildman–Crippen MR) is 126 cm³/mol. The smallest absolute Gasteiger partial charge is 0.270 e. The van der Waals surface area contributed by atoms with E-state index in [2.05, 4.69) is 0 Å². The van der Waals surface area contributed by atoms with Crippen molar-refractivity contribution in [1.29, 1.82) is 0 Å². The maximum Gasteiger partial charge on any atom is 0.270 e. The van der Waals surface area contributed by atoms with E-state index in [1.165, 1.54) is 0 Å². The average molecular weight is 458 g/mol. The Morgan fingerprint density at radius 2 is 1.97 bits per heavy atom. The number of thiophene rings is 1. The van der Waals surface area contributed by atoms with Gasteiger partial charge in [0.2, 0.25) is 10.0 Å². The van der Waals surface area contributed by atoms with E-state index in [9.17, 15) is 13.2 Å². The van der Waals surface area contributed by atoms with Crippen LogP contribution in [0.3, 0.4) is 0 Å². The van der Waals surface area contributed by atoms with E-state index in [0.29, 0.717) is 31.9 Å². The van der Waals surface area contributed by atoms with Crippen LogP contribution in [0.1, 0.15) is 29.9 Å². The highest BCUT2D eigenvalue weighted by Crippen LogP contribution is 2.27. The molecular weight excluding hydrogens is 430 g/mol. The largest absolute Gasteiger partial charge is 0.334 e. The zero-order chi connectivity index (χ0) is 22.0. The predicted octanol–water partition coefficient (Wildman–Crippen LogP) is 3.96. The van der Waals surface area contributed by atoms with Crippen LogP contribution in [-0.2, 0) is 22.3 Å². The number of allylic oxidation sites excluding steroid dienone is 2. The van der Waals surface area contributed by atoms with Crippen LogP contribution >= 0.6 is 11.3 Å². The molecule has 0 spiro atoms. The molecule has 164 valence electrons. The molecule has 0 bridgehead atoms. The fraction of sp³-hybridized carbons (Fsp3) is 0.348. The number of rotatable bonds is 6. The van der Waals surface area contributed by atoms with Crippen LogP contribution in [0.15, 0.2) is 60.0 Å². The van der Waals surface area contributed by atoms with Crippen molar-refractivity contribution in [2.24, 2.45) is 0 Å². The topological polar surface area (TPSA) is 62.6 Å². The van der Waals surface area contributed by atoms with E-state index < -0.39 is 10.0 Å².